The zero-order valence-electron chi connectivity index (χ0n) is 10.1. The summed E-state index contributed by atoms with van der Waals surface area (Å²) < 4.78 is 10.8. The second kappa shape index (κ2) is 6.38. The molecule has 1 unspecified atom stereocenters. The minimum absolute atomic E-state index is 0.204. The zero-order chi connectivity index (χ0) is 12.0. The maximum atomic E-state index is 9.60. The van der Waals surface area contributed by atoms with Gasteiger partial charge in [0.25, 0.3) is 0 Å². The number of aliphatic hydroxyl groups excluding tert-OH is 1. The van der Waals surface area contributed by atoms with E-state index in [2.05, 4.69) is 0 Å². The Morgan fingerprint density at radius 3 is 2.38 bits per heavy atom. The van der Waals surface area contributed by atoms with Crippen LogP contribution in [-0.4, -0.2) is 24.4 Å². The largest absolute Gasteiger partial charge is 0.494 e. The summed E-state index contributed by atoms with van der Waals surface area (Å²) in [5.41, 5.74) is 0. The number of hydrogen-bond acceptors (Lipinski definition) is 3. The van der Waals surface area contributed by atoms with E-state index in [0.29, 0.717) is 13.2 Å². The Morgan fingerprint density at radius 1 is 1.19 bits per heavy atom. The monoisotopic (exact) mass is 224 g/mol. The van der Waals surface area contributed by atoms with Gasteiger partial charge in [0.15, 0.2) is 0 Å². The molecule has 0 aliphatic carbocycles. The summed E-state index contributed by atoms with van der Waals surface area (Å²) in [5.74, 6) is 1.72. The van der Waals surface area contributed by atoms with Gasteiger partial charge in [0, 0.05) is 6.07 Å². The average Bonchev–Trinajstić information content (AvgIpc) is 2.26. The number of hydrogen-bond donors (Lipinski definition) is 1. The van der Waals surface area contributed by atoms with E-state index in [1.165, 1.54) is 0 Å². The summed E-state index contributed by atoms with van der Waals surface area (Å²) in [6.07, 6.45) is -0.434. The summed E-state index contributed by atoms with van der Waals surface area (Å²) in [5, 5.41) is 9.60. The van der Waals surface area contributed by atoms with Crippen LogP contribution in [0.15, 0.2) is 24.3 Å². The normalized spacial score (nSPS) is 12.6. The highest BCUT2D eigenvalue weighted by molar-refractivity contribution is 5.32. The lowest BCUT2D eigenvalue weighted by atomic mass is 10.1. The van der Waals surface area contributed by atoms with Crippen molar-refractivity contribution in [3.05, 3.63) is 24.3 Å². The lowest BCUT2D eigenvalue weighted by Crippen LogP contribution is -2.23. The molecule has 0 fully saturated rings. The second-order valence-corrected chi connectivity index (χ2v) is 4.03. The molecule has 16 heavy (non-hydrogen) atoms. The molecule has 0 aliphatic rings. The molecule has 1 atom stereocenters. The van der Waals surface area contributed by atoms with Crippen LogP contribution in [0.25, 0.3) is 0 Å². The van der Waals surface area contributed by atoms with Crippen LogP contribution in [0.2, 0.25) is 0 Å². The number of benzene rings is 1. The van der Waals surface area contributed by atoms with E-state index >= 15 is 0 Å². The molecule has 0 heterocycles. The lowest BCUT2D eigenvalue weighted by molar-refractivity contribution is 0.0700. The van der Waals surface area contributed by atoms with Crippen molar-refractivity contribution in [1.29, 1.82) is 0 Å². The Labute approximate surface area is 97.0 Å². The summed E-state index contributed by atoms with van der Waals surface area (Å²) in [4.78, 5) is 0. The molecule has 0 saturated carbocycles. The Balaban J connectivity index is 2.50. The van der Waals surface area contributed by atoms with Crippen LogP contribution in [0.1, 0.15) is 20.8 Å². The Kier molecular flexibility index (Phi) is 5.12. The van der Waals surface area contributed by atoms with Gasteiger partial charge in [0.1, 0.15) is 18.1 Å². The van der Waals surface area contributed by atoms with Gasteiger partial charge < -0.3 is 14.6 Å². The highest BCUT2D eigenvalue weighted by Crippen LogP contribution is 2.19. The molecule has 0 bridgehead atoms. The quantitative estimate of drug-likeness (QED) is 0.806. The molecule has 1 N–H and O–H groups in total. The third kappa shape index (κ3) is 4.11. The molecule has 1 rings (SSSR count). The zero-order valence-corrected chi connectivity index (χ0v) is 10.1. The number of aliphatic hydroxyl groups is 1. The van der Waals surface area contributed by atoms with Gasteiger partial charge in [-0.15, -0.1) is 0 Å². The van der Waals surface area contributed by atoms with Crippen molar-refractivity contribution in [2.45, 2.75) is 26.9 Å². The molecule has 90 valence electrons. The van der Waals surface area contributed by atoms with Crippen LogP contribution in [0.4, 0.5) is 0 Å². The first-order valence-corrected chi connectivity index (χ1v) is 5.67. The molecule has 0 aromatic heterocycles. The van der Waals surface area contributed by atoms with Crippen molar-refractivity contribution in [3.63, 3.8) is 0 Å². The highest BCUT2D eigenvalue weighted by Gasteiger charge is 2.09. The maximum absolute atomic E-state index is 9.60. The summed E-state index contributed by atoms with van der Waals surface area (Å²) in [6.45, 7) is 6.82. The van der Waals surface area contributed by atoms with E-state index in [-0.39, 0.29) is 5.92 Å². The van der Waals surface area contributed by atoms with E-state index in [4.69, 9.17) is 9.47 Å². The van der Waals surface area contributed by atoms with Gasteiger partial charge in [-0.05, 0) is 25.0 Å². The van der Waals surface area contributed by atoms with Gasteiger partial charge in [-0.25, -0.2) is 0 Å². The first kappa shape index (κ1) is 12.8. The van der Waals surface area contributed by atoms with E-state index in [1.54, 1.807) is 0 Å². The van der Waals surface area contributed by atoms with Crippen LogP contribution < -0.4 is 9.47 Å². The van der Waals surface area contributed by atoms with Crippen LogP contribution in [-0.2, 0) is 0 Å². The predicted molar refractivity (Wildman–Crippen MR) is 64.0 cm³/mol. The van der Waals surface area contributed by atoms with Gasteiger partial charge in [-0.1, -0.05) is 19.9 Å². The molecular weight excluding hydrogens is 204 g/mol. The van der Waals surface area contributed by atoms with Crippen molar-refractivity contribution in [2.24, 2.45) is 5.92 Å². The van der Waals surface area contributed by atoms with Crippen LogP contribution in [0.3, 0.4) is 0 Å². The molecule has 0 aliphatic heterocycles. The average molecular weight is 224 g/mol. The highest BCUT2D eigenvalue weighted by atomic mass is 16.5. The van der Waals surface area contributed by atoms with E-state index in [0.717, 1.165) is 11.5 Å². The Bertz CT molecular complexity index is 310. The summed E-state index contributed by atoms with van der Waals surface area (Å²) in [7, 11) is 0. The molecule has 0 amide bonds. The minimum atomic E-state index is -0.434. The van der Waals surface area contributed by atoms with Crippen LogP contribution in [0, 0.1) is 5.92 Å². The smallest absolute Gasteiger partial charge is 0.123 e. The van der Waals surface area contributed by atoms with Gasteiger partial charge in [0.05, 0.1) is 12.7 Å². The van der Waals surface area contributed by atoms with Gasteiger partial charge in [0.2, 0.25) is 0 Å². The van der Waals surface area contributed by atoms with Crippen molar-refractivity contribution >= 4 is 0 Å². The molecule has 0 spiro atoms. The predicted octanol–water partition coefficient (Wildman–Crippen LogP) is 2.48. The molecule has 3 nitrogen and oxygen atoms in total. The molecule has 3 heteroatoms. The minimum Gasteiger partial charge on any atom is -0.494 e. The van der Waals surface area contributed by atoms with E-state index < -0.39 is 6.10 Å². The Hall–Kier alpha value is -1.22. The fraction of sp³-hybridized carbons (Fsp3) is 0.538. The van der Waals surface area contributed by atoms with Gasteiger partial charge >= 0.3 is 0 Å². The van der Waals surface area contributed by atoms with E-state index in [9.17, 15) is 5.11 Å². The SMILES string of the molecule is CCOc1cccc(OCC(O)C(C)C)c1. The van der Waals surface area contributed by atoms with Crippen molar-refractivity contribution in [3.8, 4) is 11.5 Å². The van der Waals surface area contributed by atoms with Crippen molar-refractivity contribution in [1.82, 2.24) is 0 Å². The fourth-order valence-corrected chi connectivity index (χ4v) is 1.19. The first-order valence-electron chi connectivity index (χ1n) is 5.67. The van der Waals surface area contributed by atoms with Gasteiger partial charge in [-0.3, -0.25) is 0 Å². The first-order chi connectivity index (χ1) is 7.63. The fourth-order valence-electron chi connectivity index (χ4n) is 1.19. The number of rotatable bonds is 6. The third-order valence-corrected chi connectivity index (χ3v) is 2.31. The summed E-state index contributed by atoms with van der Waals surface area (Å²) in [6, 6.07) is 7.45. The van der Waals surface area contributed by atoms with Gasteiger partial charge in [-0.2, -0.15) is 0 Å². The number of ether oxygens (including phenoxy) is 2. The van der Waals surface area contributed by atoms with Crippen LogP contribution in [0.5, 0.6) is 11.5 Å². The molecule has 0 radical (unpaired) electrons. The van der Waals surface area contributed by atoms with E-state index in [1.807, 2.05) is 45.0 Å². The van der Waals surface area contributed by atoms with Crippen LogP contribution >= 0.6 is 0 Å². The maximum Gasteiger partial charge on any atom is 0.123 e. The molecular formula is C13H20O3. The topological polar surface area (TPSA) is 38.7 Å². The molecule has 1 aromatic carbocycles. The van der Waals surface area contributed by atoms with Crippen molar-refractivity contribution in [2.75, 3.05) is 13.2 Å². The molecule has 0 saturated heterocycles. The molecule has 1 aromatic rings. The standard InChI is InChI=1S/C13H20O3/c1-4-15-11-6-5-7-12(8-11)16-9-13(14)10(2)3/h5-8,10,13-14H,4,9H2,1-3H3. The summed E-state index contributed by atoms with van der Waals surface area (Å²) >= 11 is 0. The second-order valence-electron chi connectivity index (χ2n) is 4.03. The Morgan fingerprint density at radius 2 is 1.81 bits per heavy atom. The lowest BCUT2D eigenvalue weighted by Gasteiger charge is -2.15. The van der Waals surface area contributed by atoms with Crippen molar-refractivity contribution < 1.29 is 14.6 Å². The third-order valence-electron chi connectivity index (χ3n) is 2.31.